The number of phenolic OH excluding ortho intramolecular Hbond substituents is 1. The molecule has 16 heavy (non-hydrogen) atoms. The minimum atomic E-state index is -0.287. The molecule has 0 unspecified atom stereocenters. The first-order valence-electron chi connectivity index (χ1n) is 5.17. The molecule has 0 spiro atoms. The fourth-order valence-electron chi connectivity index (χ4n) is 1.16. The molecule has 5 heteroatoms. The molecule has 0 fully saturated rings. The Balaban J connectivity index is 2.49. The molecule has 1 rings (SSSR count). The van der Waals surface area contributed by atoms with Crippen LogP contribution in [0.25, 0.3) is 0 Å². The van der Waals surface area contributed by atoms with Gasteiger partial charge in [0.15, 0.2) is 0 Å². The van der Waals surface area contributed by atoms with E-state index in [0.717, 1.165) is 16.4 Å². The first kappa shape index (κ1) is 13.1. The van der Waals surface area contributed by atoms with Crippen LogP contribution in [0.4, 0.5) is 10.5 Å². The molecular weight excluding hydrogens is 319 g/mol. The van der Waals surface area contributed by atoms with Crippen molar-refractivity contribution in [3.63, 3.8) is 0 Å². The highest BCUT2D eigenvalue weighted by atomic mass is 127. The Morgan fingerprint density at radius 2 is 2.25 bits per heavy atom. The van der Waals surface area contributed by atoms with E-state index in [1.165, 1.54) is 0 Å². The predicted molar refractivity (Wildman–Crippen MR) is 72.8 cm³/mol. The maximum atomic E-state index is 11.4. The molecule has 0 saturated heterocycles. The van der Waals surface area contributed by atoms with Gasteiger partial charge in [0.25, 0.3) is 0 Å². The molecule has 2 amide bonds. The highest BCUT2D eigenvalue weighted by Crippen LogP contribution is 2.24. The van der Waals surface area contributed by atoms with Crippen LogP contribution in [0.2, 0.25) is 0 Å². The second-order valence-corrected chi connectivity index (χ2v) is 4.64. The van der Waals surface area contributed by atoms with Crippen LogP contribution in [0, 0.1) is 3.57 Å². The summed E-state index contributed by atoms with van der Waals surface area (Å²) in [5.41, 5.74) is 0.425. The smallest absolute Gasteiger partial charge is 0.319 e. The molecule has 88 valence electrons. The molecule has 0 aliphatic heterocycles. The van der Waals surface area contributed by atoms with Gasteiger partial charge in [0.1, 0.15) is 5.75 Å². The number of unbranched alkanes of at least 4 members (excludes halogenated alkanes) is 1. The van der Waals surface area contributed by atoms with E-state index < -0.39 is 0 Å². The lowest BCUT2D eigenvalue weighted by molar-refractivity contribution is 0.252. The van der Waals surface area contributed by atoms with Crippen LogP contribution >= 0.6 is 22.6 Å². The second kappa shape index (κ2) is 6.57. The van der Waals surface area contributed by atoms with Crippen LogP contribution in [-0.2, 0) is 0 Å². The SMILES string of the molecule is CCCCNC(=O)Nc1ccc(I)cc1O. The van der Waals surface area contributed by atoms with E-state index in [1.807, 2.05) is 6.07 Å². The summed E-state index contributed by atoms with van der Waals surface area (Å²) in [6, 6.07) is 4.81. The summed E-state index contributed by atoms with van der Waals surface area (Å²) in [5, 5.41) is 14.9. The van der Waals surface area contributed by atoms with Gasteiger partial charge in [0.2, 0.25) is 0 Å². The topological polar surface area (TPSA) is 61.4 Å². The Labute approximate surface area is 109 Å². The van der Waals surface area contributed by atoms with Crippen LogP contribution in [0.5, 0.6) is 5.75 Å². The molecule has 0 aliphatic rings. The first-order chi connectivity index (χ1) is 7.63. The number of carbonyl (C=O) groups is 1. The molecule has 0 aliphatic carbocycles. The highest BCUT2D eigenvalue weighted by Gasteiger charge is 2.05. The van der Waals surface area contributed by atoms with Gasteiger partial charge < -0.3 is 15.7 Å². The molecule has 0 heterocycles. The van der Waals surface area contributed by atoms with Crippen molar-refractivity contribution >= 4 is 34.3 Å². The number of carbonyl (C=O) groups excluding carboxylic acids is 1. The summed E-state index contributed by atoms with van der Waals surface area (Å²) < 4.78 is 0.923. The van der Waals surface area contributed by atoms with Gasteiger partial charge >= 0.3 is 6.03 Å². The number of nitrogens with one attached hydrogen (secondary N) is 2. The summed E-state index contributed by atoms with van der Waals surface area (Å²) in [4.78, 5) is 11.4. The first-order valence-corrected chi connectivity index (χ1v) is 6.24. The van der Waals surface area contributed by atoms with E-state index >= 15 is 0 Å². The van der Waals surface area contributed by atoms with Crippen LogP contribution in [0.15, 0.2) is 18.2 Å². The van der Waals surface area contributed by atoms with Crippen molar-refractivity contribution in [1.82, 2.24) is 5.32 Å². The monoisotopic (exact) mass is 334 g/mol. The molecule has 0 radical (unpaired) electrons. The largest absolute Gasteiger partial charge is 0.506 e. The summed E-state index contributed by atoms with van der Waals surface area (Å²) in [5.74, 6) is 0.0811. The molecular formula is C11H15IN2O2. The Morgan fingerprint density at radius 3 is 2.88 bits per heavy atom. The van der Waals surface area contributed by atoms with Gasteiger partial charge in [-0.15, -0.1) is 0 Å². The number of anilines is 1. The van der Waals surface area contributed by atoms with Crippen molar-refractivity contribution in [2.24, 2.45) is 0 Å². The van der Waals surface area contributed by atoms with Gasteiger partial charge in [-0.05, 0) is 47.2 Å². The standard InChI is InChI=1S/C11H15IN2O2/c1-2-3-6-13-11(16)14-9-5-4-8(12)7-10(9)15/h4-5,7,15H,2-3,6H2,1H3,(H2,13,14,16). The molecule has 0 aromatic heterocycles. The highest BCUT2D eigenvalue weighted by molar-refractivity contribution is 14.1. The molecule has 0 atom stereocenters. The summed E-state index contributed by atoms with van der Waals surface area (Å²) in [6.45, 7) is 2.71. The number of urea groups is 1. The number of hydrogen-bond acceptors (Lipinski definition) is 2. The Kier molecular flexibility index (Phi) is 5.37. The van der Waals surface area contributed by atoms with Gasteiger partial charge in [-0.3, -0.25) is 0 Å². The van der Waals surface area contributed by atoms with Crippen LogP contribution in [0.1, 0.15) is 19.8 Å². The van der Waals surface area contributed by atoms with Gasteiger partial charge in [0.05, 0.1) is 5.69 Å². The van der Waals surface area contributed by atoms with Gasteiger partial charge in [-0.25, -0.2) is 4.79 Å². The number of aromatic hydroxyl groups is 1. The lowest BCUT2D eigenvalue weighted by Gasteiger charge is -2.08. The van der Waals surface area contributed by atoms with E-state index in [0.29, 0.717) is 12.2 Å². The maximum Gasteiger partial charge on any atom is 0.319 e. The maximum absolute atomic E-state index is 11.4. The number of halogens is 1. The lowest BCUT2D eigenvalue weighted by atomic mass is 10.3. The van der Waals surface area contributed by atoms with E-state index in [1.54, 1.807) is 12.1 Å². The van der Waals surface area contributed by atoms with Crippen LogP contribution in [0.3, 0.4) is 0 Å². The zero-order valence-corrected chi connectivity index (χ0v) is 11.2. The van der Waals surface area contributed by atoms with E-state index in [9.17, 15) is 9.90 Å². The summed E-state index contributed by atoms with van der Waals surface area (Å²) in [6.07, 6.45) is 1.99. The summed E-state index contributed by atoms with van der Waals surface area (Å²) >= 11 is 2.10. The zero-order chi connectivity index (χ0) is 12.0. The second-order valence-electron chi connectivity index (χ2n) is 3.40. The van der Waals surface area contributed by atoms with Crippen molar-refractivity contribution in [2.45, 2.75) is 19.8 Å². The van der Waals surface area contributed by atoms with Gasteiger partial charge in [0, 0.05) is 10.1 Å². The quantitative estimate of drug-likeness (QED) is 0.450. The number of hydrogen-bond donors (Lipinski definition) is 3. The number of rotatable bonds is 4. The number of phenols is 1. The fourth-order valence-corrected chi connectivity index (χ4v) is 1.63. The molecule has 4 nitrogen and oxygen atoms in total. The zero-order valence-electron chi connectivity index (χ0n) is 9.09. The predicted octanol–water partition coefficient (Wildman–Crippen LogP) is 2.92. The average molecular weight is 334 g/mol. The Bertz CT molecular complexity index is 369. The van der Waals surface area contributed by atoms with E-state index in [4.69, 9.17) is 0 Å². The van der Waals surface area contributed by atoms with E-state index in [-0.39, 0.29) is 11.8 Å². The third kappa shape index (κ3) is 4.26. The van der Waals surface area contributed by atoms with Gasteiger partial charge in [-0.1, -0.05) is 13.3 Å². The van der Waals surface area contributed by atoms with Crippen molar-refractivity contribution in [3.05, 3.63) is 21.8 Å². The number of benzene rings is 1. The minimum absolute atomic E-state index is 0.0811. The minimum Gasteiger partial charge on any atom is -0.506 e. The average Bonchev–Trinajstić information content (AvgIpc) is 2.23. The van der Waals surface area contributed by atoms with Crippen LogP contribution in [-0.4, -0.2) is 17.7 Å². The molecule has 1 aromatic rings. The third-order valence-corrected chi connectivity index (χ3v) is 2.69. The molecule has 0 bridgehead atoms. The fraction of sp³-hybridized carbons (Fsp3) is 0.364. The normalized spacial score (nSPS) is 9.88. The summed E-state index contributed by atoms with van der Waals surface area (Å²) in [7, 11) is 0. The molecule has 1 aromatic carbocycles. The Hall–Kier alpha value is -0.980. The number of amides is 2. The van der Waals surface area contributed by atoms with Gasteiger partial charge in [-0.2, -0.15) is 0 Å². The van der Waals surface area contributed by atoms with Crippen LogP contribution < -0.4 is 10.6 Å². The van der Waals surface area contributed by atoms with Crippen molar-refractivity contribution in [2.75, 3.05) is 11.9 Å². The van der Waals surface area contributed by atoms with E-state index in [2.05, 4.69) is 40.1 Å². The Morgan fingerprint density at radius 1 is 1.50 bits per heavy atom. The van der Waals surface area contributed by atoms with Crippen molar-refractivity contribution in [1.29, 1.82) is 0 Å². The lowest BCUT2D eigenvalue weighted by Crippen LogP contribution is -2.29. The molecule has 3 N–H and O–H groups in total. The third-order valence-electron chi connectivity index (χ3n) is 2.02. The van der Waals surface area contributed by atoms with Crippen molar-refractivity contribution < 1.29 is 9.90 Å². The van der Waals surface area contributed by atoms with Crippen molar-refractivity contribution in [3.8, 4) is 5.75 Å². The molecule has 0 saturated carbocycles.